The van der Waals surface area contributed by atoms with Crippen LogP contribution in [0.15, 0.2) is 78.9 Å². The Labute approximate surface area is 198 Å². The topological polar surface area (TPSA) is 88.4 Å². The predicted octanol–water partition coefficient (Wildman–Crippen LogP) is 5.78. The fraction of sp³-hybridized carbons (Fsp3) is 0.143. The van der Waals surface area contributed by atoms with Gasteiger partial charge in [-0.1, -0.05) is 48.5 Å². The zero-order chi connectivity index (χ0) is 24.1. The van der Waals surface area contributed by atoms with E-state index in [2.05, 4.69) is 0 Å². The summed E-state index contributed by atoms with van der Waals surface area (Å²) in [5.41, 5.74) is 3.41. The maximum atomic E-state index is 11.1. The van der Waals surface area contributed by atoms with Crippen molar-refractivity contribution < 1.29 is 29.5 Å². The van der Waals surface area contributed by atoms with Gasteiger partial charge in [0.1, 0.15) is 11.5 Å². The SMILES string of the molecule is COc1cc(-c2ccc(O)cc2)c(OC)c(O)c1-c1ccc(OCCc2ccccc2)c(O)c1. The van der Waals surface area contributed by atoms with Gasteiger partial charge >= 0.3 is 0 Å². The Hall–Kier alpha value is -4.32. The molecule has 0 fully saturated rings. The van der Waals surface area contributed by atoms with Crippen molar-refractivity contribution in [2.45, 2.75) is 6.42 Å². The maximum absolute atomic E-state index is 11.1. The largest absolute Gasteiger partial charge is 0.508 e. The van der Waals surface area contributed by atoms with Crippen molar-refractivity contribution in [1.82, 2.24) is 0 Å². The highest BCUT2D eigenvalue weighted by Gasteiger charge is 2.22. The minimum Gasteiger partial charge on any atom is -0.508 e. The van der Waals surface area contributed by atoms with Crippen LogP contribution >= 0.6 is 0 Å². The van der Waals surface area contributed by atoms with Gasteiger partial charge in [-0.3, -0.25) is 0 Å². The molecule has 0 aliphatic rings. The number of ether oxygens (including phenoxy) is 3. The molecule has 0 saturated heterocycles. The van der Waals surface area contributed by atoms with Crippen molar-refractivity contribution in [1.29, 1.82) is 0 Å². The number of aromatic hydroxyl groups is 3. The Morgan fingerprint density at radius 1 is 0.706 bits per heavy atom. The van der Waals surface area contributed by atoms with E-state index in [1.807, 2.05) is 30.3 Å². The highest BCUT2D eigenvalue weighted by Crippen LogP contribution is 2.50. The monoisotopic (exact) mass is 458 g/mol. The van der Waals surface area contributed by atoms with Gasteiger partial charge in [-0.05, 0) is 47.0 Å². The second-order valence-corrected chi connectivity index (χ2v) is 7.70. The van der Waals surface area contributed by atoms with E-state index < -0.39 is 0 Å². The molecule has 0 unspecified atom stereocenters. The summed E-state index contributed by atoms with van der Waals surface area (Å²) in [4.78, 5) is 0. The third-order valence-electron chi connectivity index (χ3n) is 5.56. The lowest BCUT2D eigenvalue weighted by atomic mass is 9.96. The van der Waals surface area contributed by atoms with Gasteiger partial charge in [0, 0.05) is 12.0 Å². The fourth-order valence-corrected chi connectivity index (χ4v) is 3.85. The van der Waals surface area contributed by atoms with Crippen LogP contribution in [0.25, 0.3) is 22.3 Å². The van der Waals surface area contributed by atoms with Crippen molar-refractivity contribution in [2.24, 2.45) is 0 Å². The van der Waals surface area contributed by atoms with E-state index >= 15 is 0 Å². The first-order valence-corrected chi connectivity index (χ1v) is 10.8. The lowest BCUT2D eigenvalue weighted by molar-refractivity contribution is 0.303. The van der Waals surface area contributed by atoms with E-state index in [0.29, 0.717) is 41.2 Å². The molecule has 34 heavy (non-hydrogen) atoms. The molecule has 0 amide bonds. The molecule has 0 aliphatic carbocycles. The highest BCUT2D eigenvalue weighted by atomic mass is 16.5. The van der Waals surface area contributed by atoms with Crippen molar-refractivity contribution in [2.75, 3.05) is 20.8 Å². The molecule has 0 aromatic heterocycles. The number of phenolic OH excluding ortho intramolecular Hbond substituents is 3. The molecule has 0 aliphatic heterocycles. The Balaban J connectivity index is 1.65. The van der Waals surface area contributed by atoms with Crippen molar-refractivity contribution in [3.63, 3.8) is 0 Å². The van der Waals surface area contributed by atoms with E-state index in [-0.39, 0.29) is 23.0 Å². The molecule has 0 bridgehead atoms. The van der Waals surface area contributed by atoms with Gasteiger partial charge in [0.05, 0.1) is 26.4 Å². The Morgan fingerprint density at radius 3 is 2.06 bits per heavy atom. The molecule has 0 saturated carbocycles. The maximum Gasteiger partial charge on any atom is 0.170 e. The minimum atomic E-state index is -0.123. The van der Waals surface area contributed by atoms with Gasteiger partial charge in [0.2, 0.25) is 0 Å². The molecule has 0 spiro atoms. The summed E-state index contributed by atoms with van der Waals surface area (Å²) in [5, 5.41) is 31.3. The molecular formula is C28H26O6. The van der Waals surface area contributed by atoms with Crippen LogP contribution in [0, 0.1) is 0 Å². The molecule has 4 aromatic rings. The van der Waals surface area contributed by atoms with Gasteiger partial charge in [-0.15, -0.1) is 0 Å². The van der Waals surface area contributed by atoms with Gasteiger partial charge in [-0.2, -0.15) is 0 Å². The summed E-state index contributed by atoms with van der Waals surface area (Å²) in [7, 11) is 2.97. The molecule has 6 heteroatoms. The molecule has 4 rings (SSSR count). The fourth-order valence-electron chi connectivity index (χ4n) is 3.85. The Bertz CT molecular complexity index is 1270. The number of hydrogen-bond donors (Lipinski definition) is 3. The first-order chi connectivity index (χ1) is 16.5. The smallest absolute Gasteiger partial charge is 0.170 e. The average Bonchev–Trinajstić information content (AvgIpc) is 2.85. The number of benzene rings is 4. The van der Waals surface area contributed by atoms with Crippen LogP contribution in [0.1, 0.15) is 5.56 Å². The Morgan fingerprint density at radius 2 is 1.41 bits per heavy atom. The normalized spacial score (nSPS) is 10.6. The molecule has 0 radical (unpaired) electrons. The molecular weight excluding hydrogens is 432 g/mol. The average molecular weight is 459 g/mol. The lowest BCUT2D eigenvalue weighted by Gasteiger charge is -2.18. The zero-order valence-electron chi connectivity index (χ0n) is 19.0. The number of methoxy groups -OCH3 is 2. The van der Waals surface area contributed by atoms with Crippen LogP contribution in [-0.4, -0.2) is 36.1 Å². The summed E-state index contributed by atoms with van der Waals surface area (Å²) in [5.74, 6) is 0.973. The zero-order valence-corrected chi connectivity index (χ0v) is 19.0. The van der Waals surface area contributed by atoms with Gasteiger partial charge in [0.25, 0.3) is 0 Å². The lowest BCUT2D eigenvalue weighted by Crippen LogP contribution is -2.01. The van der Waals surface area contributed by atoms with Crippen molar-refractivity contribution >= 4 is 0 Å². The van der Waals surface area contributed by atoms with Crippen LogP contribution in [-0.2, 0) is 6.42 Å². The first-order valence-electron chi connectivity index (χ1n) is 10.8. The van der Waals surface area contributed by atoms with Gasteiger partial charge in [0.15, 0.2) is 23.0 Å². The van der Waals surface area contributed by atoms with E-state index in [1.54, 1.807) is 42.5 Å². The van der Waals surface area contributed by atoms with Crippen LogP contribution in [0.4, 0.5) is 0 Å². The molecule has 4 aromatic carbocycles. The van der Waals surface area contributed by atoms with Crippen molar-refractivity contribution in [3.05, 3.63) is 84.4 Å². The van der Waals surface area contributed by atoms with Gasteiger partial charge in [-0.25, -0.2) is 0 Å². The Kier molecular flexibility index (Phi) is 6.78. The molecule has 3 N–H and O–H groups in total. The first kappa shape index (κ1) is 22.9. The van der Waals surface area contributed by atoms with Crippen molar-refractivity contribution in [3.8, 4) is 56.8 Å². The number of hydrogen-bond acceptors (Lipinski definition) is 6. The van der Waals surface area contributed by atoms with Crippen LogP contribution in [0.2, 0.25) is 0 Å². The summed E-state index contributed by atoms with van der Waals surface area (Å²) < 4.78 is 16.8. The van der Waals surface area contributed by atoms with E-state index in [1.165, 1.54) is 20.3 Å². The summed E-state index contributed by atoms with van der Waals surface area (Å²) in [6.07, 6.45) is 0.715. The molecule has 174 valence electrons. The van der Waals surface area contributed by atoms with Crippen LogP contribution < -0.4 is 14.2 Å². The molecule has 6 nitrogen and oxygen atoms in total. The predicted molar refractivity (Wildman–Crippen MR) is 131 cm³/mol. The third-order valence-corrected chi connectivity index (χ3v) is 5.56. The second-order valence-electron chi connectivity index (χ2n) is 7.70. The summed E-state index contributed by atoms with van der Waals surface area (Å²) in [6, 6.07) is 23.2. The third kappa shape index (κ3) is 4.71. The second kappa shape index (κ2) is 10.1. The van der Waals surface area contributed by atoms with Crippen LogP contribution in [0.5, 0.6) is 34.5 Å². The number of phenols is 3. The van der Waals surface area contributed by atoms with Crippen LogP contribution in [0.3, 0.4) is 0 Å². The number of rotatable bonds is 8. The summed E-state index contributed by atoms with van der Waals surface area (Å²) in [6.45, 7) is 0.417. The van der Waals surface area contributed by atoms with E-state index in [9.17, 15) is 15.3 Å². The summed E-state index contributed by atoms with van der Waals surface area (Å²) >= 11 is 0. The highest BCUT2D eigenvalue weighted by molar-refractivity contribution is 5.88. The van der Waals surface area contributed by atoms with E-state index in [4.69, 9.17) is 14.2 Å². The molecule has 0 atom stereocenters. The quantitative estimate of drug-likeness (QED) is 0.310. The van der Waals surface area contributed by atoms with E-state index in [0.717, 1.165) is 11.1 Å². The molecule has 0 heterocycles. The van der Waals surface area contributed by atoms with Gasteiger partial charge < -0.3 is 29.5 Å². The minimum absolute atomic E-state index is 0.0476. The standard InChI is InChI=1S/C28H26O6/c1-32-25-17-22(19-8-11-21(29)12-9-19)28(33-2)27(31)26(25)20-10-13-24(23(30)16-20)34-15-14-18-6-4-3-5-7-18/h3-13,16-17,29-31H,14-15H2,1-2H3.